The SMILES string of the molecule is CCOC(=O)C(C)C1CCCCC1.CCOC(=O)Cc1ccccc1. The lowest BCUT2D eigenvalue weighted by molar-refractivity contribution is -0.149. The number of carbonyl (C=O) groups excluding carboxylic acids is 2. The maximum atomic E-state index is 11.4. The van der Waals surface area contributed by atoms with Gasteiger partial charge in [-0.05, 0) is 38.2 Å². The van der Waals surface area contributed by atoms with E-state index in [-0.39, 0.29) is 17.9 Å². The van der Waals surface area contributed by atoms with Crippen molar-refractivity contribution in [1.29, 1.82) is 0 Å². The van der Waals surface area contributed by atoms with Crippen molar-refractivity contribution in [2.45, 2.75) is 59.3 Å². The molecule has 1 fully saturated rings. The third-order valence-corrected chi connectivity index (χ3v) is 4.51. The average Bonchev–Trinajstić information content (AvgIpc) is 2.63. The van der Waals surface area contributed by atoms with Crippen molar-refractivity contribution in [2.24, 2.45) is 11.8 Å². The quantitative estimate of drug-likeness (QED) is 0.707. The molecule has 0 N–H and O–H groups in total. The molecule has 0 saturated heterocycles. The van der Waals surface area contributed by atoms with E-state index in [4.69, 9.17) is 9.47 Å². The summed E-state index contributed by atoms with van der Waals surface area (Å²) in [5, 5.41) is 0. The van der Waals surface area contributed by atoms with Gasteiger partial charge in [0.1, 0.15) is 0 Å². The molecule has 0 aromatic heterocycles. The highest BCUT2D eigenvalue weighted by Gasteiger charge is 2.26. The molecule has 4 nitrogen and oxygen atoms in total. The normalized spacial score (nSPS) is 15.5. The highest BCUT2D eigenvalue weighted by Crippen LogP contribution is 2.30. The molecule has 1 aromatic rings. The predicted molar refractivity (Wildman–Crippen MR) is 99.2 cm³/mol. The molecule has 0 aliphatic heterocycles. The number of carbonyl (C=O) groups is 2. The second-order valence-electron chi connectivity index (χ2n) is 6.41. The Bertz CT molecular complexity index is 492. The number of esters is 2. The Balaban J connectivity index is 0.000000251. The van der Waals surface area contributed by atoms with Crippen molar-refractivity contribution in [3.8, 4) is 0 Å². The fraction of sp³-hybridized carbons (Fsp3) is 0.619. The van der Waals surface area contributed by atoms with Gasteiger partial charge in [0.15, 0.2) is 0 Å². The summed E-state index contributed by atoms with van der Waals surface area (Å²) in [6.07, 6.45) is 6.70. The minimum atomic E-state index is -0.163. The van der Waals surface area contributed by atoms with Gasteiger partial charge in [0.2, 0.25) is 0 Å². The van der Waals surface area contributed by atoms with Gasteiger partial charge in [-0.3, -0.25) is 9.59 Å². The van der Waals surface area contributed by atoms with E-state index < -0.39 is 0 Å². The van der Waals surface area contributed by atoms with Crippen LogP contribution >= 0.6 is 0 Å². The summed E-state index contributed by atoms with van der Waals surface area (Å²) in [5.74, 6) is 0.520. The maximum absolute atomic E-state index is 11.4. The van der Waals surface area contributed by atoms with Crippen LogP contribution in [0.5, 0.6) is 0 Å². The van der Waals surface area contributed by atoms with Gasteiger partial charge in [-0.25, -0.2) is 0 Å². The van der Waals surface area contributed by atoms with E-state index in [1.54, 1.807) is 0 Å². The minimum absolute atomic E-state index is 0.00519. The Labute approximate surface area is 151 Å². The van der Waals surface area contributed by atoms with Crippen LogP contribution in [-0.4, -0.2) is 25.2 Å². The van der Waals surface area contributed by atoms with Crippen LogP contribution in [-0.2, 0) is 25.5 Å². The fourth-order valence-corrected chi connectivity index (χ4v) is 3.07. The molecule has 0 amide bonds. The van der Waals surface area contributed by atoms with Crippen molar-refractivity contribution in [2.75, 3.05) is 13.2 Å². The number of hydrogen-bond acceptors (Lipinski definition) is 4. The second-order valence-corrected chi connectivity index (χ2v) is 6.41. The lowest BCUT2D eigenvalue weighted by Gasteiger charge is -2.25. The monoisotopic (exact) mass is 348 g/mol. The maximum Gasteiger partial charge on any atom is 0.310 e. The Morgan fingerprint density at radius 1 is 1.00 bits per heavy atom. The molecule has 140 valence electrons. The summed E-state index contributed by atoms with van der Waals surface area (Å²) in [5.41, 5.74) is 0.996. The van der Waals surface area contributed by atoms with Crippen LogP contribution in [0.3, 0.4) is 0 Å². The molecule has 25 heavy (non-hydrogen) atoms. The zero-order valence-corrected chi connectivity index (χ0v) is 15.8. The van der Waals surface area contributed by atoms with Crippen molar-refractivity contribution in [3.05, 3.63) is 35.9 Å². The van der Waals surface area contributed by atoms with E-state index in [0.29, 0.717) is 25.6 Å². The van der Waals surface area contributed by atoms with Gasteiger partial charge in [0, 0.05) is 0 Å². The molecule has 1 aromatic carbocycles. The minimum Gasteiger partial charge on any atom is -0.466 e. The van der Waals surface area contributed by atoms with Gasteiger partial charge in [-0.2, -0.15) is 0 Å². The number of rotatable bonds is 6. The fourth-order valence-electron chi connectivity index (χ4n) is 3.07. The molecule has 0 bridgehead atoms. The second kappa shape index (κ2) is 12.5. The first kappa shape index (κ1) is 21.2. The van der Waals surface area contributed by atoms with Gasteiger partial charge < -0.3 is 9.47 Å². The van der Waals surface area contributed by atoms with E-state index in [0.717, 1.165) is 5.56 Å². The van der Waals surface area contributed by atoms with Crippen molar-refractivity contribution >= 4 is 11.9 Å². The third kappa shape index (κ3) is 8.71. The van der Waals surface area contributed by atoms with Crippen molar-refractivity contribution < 1.29 is 19.1 Å². The molecule has 1 aliphatic rings. The van der Waals surface area contributed by atoms with Gasteiger partial charge in [-0.15, -0.1) is 0 Å². The Hall–Kier alpha value is -1.84. The molecule has 0 spiro atoms. The number of hydrogen-bond donors (Lipinski definition) is 0. The molecular weight excluding hydrogens is 316 g/mol. The molecule has 2 rings (SSSR count). The van der Waals surface area contributed by atoms with E-state index in [2.05, 4.69) is 0 Å². The molecule has 0 heterocycles. The molecule has 1 saturated carbocycles. The van der Waals surface area contributed by atoms with E-state index in [9.17, 15) is 9.59 Å². The molecular formula is C21H32O4. The first-order chi connectivity index (χ1) is 12.1. The van der Waals surface area contributed by atoms with E-state index in [1.807, 2.05) is 51.1 Å². The summed E-state index contributed by atoms with van der Waals surface area (Å²) in [4.78, 5) is 22.4. The Kier molecular flexibility index (Phi) is 10.6. The Morgan fingerprint density at radius 2 is 1.60 bits per heavy atom. The Morgan fingerprint density at radius 3 is 2.16 bits per heavy atom. The summed E-state index contributed by atoms with van der Waals surface area (Å²) < 4.78 is 9.82. The van der Waals surface area contributed by atoms with Crippen LogP contribution in [0.25, 0.3) is 0 Å². The molecule has 1 aliphatic carbocycles. The summed E-state index contributed by atoms with van der Waals surface area (Å²) in [6, 6.07) is 9.58. The third-order valence-electron chi connectivity index (χ3n) is 4.51. The van der Waals surface area contributed by atoms with Crippen LogP contribution in [0.4, 0.5) is 0 Å². The number of ether oxygens (including phenoxy) is 2. The predicted octanol–water partition coefficient (Wildman–Crippen LogP) is 4.56. The van der Waals surface area contributed by atoms with Crippen LogP contribution in [0.1, 0.15) is 58.4 Å². The van der Waals surface area contributed by atoms with Crippen molar-refractivity contribution in [1.82, 2.24) is 0 Å². The summed E-state index contributed by atoms with van der Waals surface area (Å²) in [6.45, 7) is 6.64. The molecule has 1 unspecified atom stereocenters. The van der Waals surface area contributed by atoms with Gasteiger partial charge in [0.25, 0.3) is 0 Å². The highest BCUT2D eigenvalue weighted by molar-refractivity contribution is 5.72. The largest absolute Gasteiger partial charge is 0.466 e. The first-order valence-corrected chi connectivity index (χ1v) is 9.44. The van der Waals surface area contributed by atoms with Gasteiger partial charge in [0.05, 0.1) is 25.6 Å². The van der Waals surface area contributed by atoms with Crippen molar-refractivity contribution in [3.63, 3.8) is 0 Å². The summed E-state index contributed by atoms with van der Waals surface area (Å²) in [7, 11) is 0. The average molecular weight is 348 g/mol. The zero-order chi connectivity index (χ0) is 18.5. The smallest absolute Gasteiger partial charge is 0.310 e. The van der Waals surface area contributed by atoms with Crippen LogP contribution in [0.2, 0.25) is 0 Å². The van der Waals surface area contributed by atoms with Crippen LogP contribution in [0.15, 0.2) is 30.3 Å². The summed E-state index contributed by atoms with van der Waals surface area (Å²) >= 11 is 0. The first-order valence-electron chi connectivity index (χ1n) is 9.44. The topological polar surface area (TPSA) is 52.6 Å². The lowest BCUT2D eigenvalue weighted by atomic mass is 9.81. The van der Waals surface area contributed by atoms with Gasteiger partial charge >= 0.3 is 11.9 Å². The molecule has 0 radical (unpaired) electrons. The van der Waals surface area contributed by atoms with Crippen LogP contribution < -0.4 is 0 Å². The lowest BCUT2D eigenvalue weighted by Crippen LogP contribution is -2.24. The standard InChI is InChI=1S/C11H20O2.C10H12O2/c1-3-13-11(12)9(2)10-7-5-4-6-8-10;1-2-12-10(11)8-9-6-4-3-5-7-9/h9-10H,3-8H2,1-2H3;3-7H,2,8H2,1H3. The van der Waals surface area contributed by atoms with E-state index in [1.165, 1.54) is 32.1 Å². The zero-order valence-electron chi connectivity index (χ0n) is 15.8. The van der Waals surface area contributed by atoms with E-state index >= 15 is 0 Å². The highest BCUT2D eigenvalue weighted by atomic mass is 16.5. The molecule has 1 atom stereocenters. The van der Waals surface area contributed by atoms with Gasteiger partial charge in [-0.1, -0.05) is 56.5 Å². The van der Waals surface area contributed by atoms with Crippen LogP contribution in [0, 0.1) is 11.8 Å². The number of benzene rings is 1. The molecule has 4 heteroatoms.